The van der Waals surface area contributed by atoms with Gasteiger partial charge in [0.1, 0.15) is 0 Å². The van der Waals surface area contributed by atoms with E-state index in [0.29, 0.717) is 34.6 Å². The van der Waals surface area contributed by atoms with Crippen LogP contribution in [0.4, 0.5) is 0 Å². The number of piperidine rings is 1. The Morgan fingerprint density at radius 3 is 2.28 bits per heavy atom. The van der Waals surface area contributed by atoms with Gasteiger partial charge in [-0.25, -0.2) is 0 Å². The summed E-state index contributed by atoms with van der Waals surface area (Å²) in [5, 5.41) is 1.07. The Hall–Kier alpha value is -2.08. The largest absolute Gasteiger partial charge is 0.341 e. The van der Waals surface area contributed by atoms with Crippen LogP contribution in [0.15, 0.2) is 48.5 Å². The number of benzene rings is 2. The summed E-state index contributed by atoms with van der Waals surface area (Å²) >= 11 is 12.5. The fourth-order valence-corrected chi connectivity index (χ4v) is 5.51. The normalized spacial score (nSPS) is 15.6. The van der Waals surface area contributed by atoms with Gasteiger partial charge in [0.25, 0.3) is 5.91 Å². The van der Waals surface area contributed by atoms with Gasteiger partial charge in [-0.1, -0.05) is 54.4 Å². The number of nitrogens with zero attached hydrogens (tertiary/aromatic N) is 3. The third-order valence-electron chi connectivity index (χ3n) is 7.17. The lowest BCUT2D eigenvalue weighted by Crippen LogP contribution is -2.50. The number of carbonyl (C=O) groups excluding carboxylic acids is 2. The van der Waals surface area contributed by atoms with Crippen LogP contribution in [0, 0.1) is 0 Å². The molecular weight excluding hydrogens is 493 g/mol. The lowest BCUT2D eigenvalue weighted by molar-refractivity contribution is -0.136. The van der Waals surface area contributed by atoms with Crippen molar-refractivity contribution >= 4 is 35.0 Å². The van der Waals surface area contributed by atoms with Gasteiger partial charge in [0.2, 0.25) is 5.91 Å². The van der Waals surface area contributed by atoms with Gasteiger partial charge < -0.3 is 14.7 Å². The number of likely N-dealkylation sites (N-methyl/N-ethyl adjacent to an activating group) is 1. The van der Waals surface area contributed by atoms with E-state index in [-0.39, 0.29) is 23.8 Å². The summed E-state index contributed by atoms with van der Waals surface area (Å²) in [6, 6.07) is 15.7. The first-order chi connectivity index (χ1) is 17.2. The van der Waals surface area contributed by atoms with Crippen molar-refractivity contribution < 1.29 is 9.59 Å². The molecule has 3 rings (SSSR count). The maximum absolute atomic E-state index is 13.0. The maximum Gasteiger partial charge on any atom is 0.253 e. The van der Waals surface area contributed by atoms with Crippen LogP contribution in [-0.4, -0.2) is 71.8 Å². The summed E-state index contributed by atoms with van der Waals surface area (Å²) < 4.78 is 0. The Morgan fingerprint density at radius 1 is 1.03 bits per heavy atom. The molecular formula is C29H39Cl2N3O2. The topological polar surface area (TPSA) is 43.9 Å². The average Bonchev–Trinajstić information content (AvgIpc) is 2.88. The van der Waals surface area contributed by atoms with Gasteiger partial charge in [-0.05, 0) is 69.5 Å². The van der Waals surface area contributed by atoms with E-state index in [1.165, 1.54) is 0 Å². The first-order valence-electron chi connectivity index (χ1n) is 13.0. The average molecular weight is 533 g/mol. The molecule has 7 heteroatoms. The van der Waals surface area contributed by atoms with E-state index in [4.69, 9.17) is 23.2 Å². The van der Waals surface area contributed by atoms with E-state index in [9.17, 15) is 9.59 Å². The zero-order valence-electron chi connectivity index (χ0n) is 21.9. The molecule has 5 nitrogen and oxygen atoms in total. The number of rotatable bonds is 10. The molecule has 1 unspecified atom stereocenters. The molecule has 0 spiro atoms. The van der Waals surface area contributed by atoms with Crippen LogP contribution in [0.5, 0.6) is 0 Å². The molecule has 1 saturated heterocycles. The summed E-state index contributed by atoms with van der Waals surface area (Å²) in [4.78, 5) is 31.8. The third-order valence-corrected chi connectivity index (χ3v) is 7.91. The second kappa shape index (κ2) is 13.5. The summed E-state index contributed by atoms with van der Waals surface area (Å²) in [5.41, 5.74) is 1.78. The molecule has 1 heterocycles. The van der Waals surface area contributed by atoms with Gasteiger partial charge >= 0.3 is 0 Å². The van der Waals surface area contributed by atoms with Crippen molar-refractivity contribution in [1.29, 1.82) is 0 Å². The van der Waals surface area contributed by atoms with Crippen molar-refractivity contribution in [2.75, 3.05) is 33.2 Å². The number of hydrogen-bond acceptors (Lipinski definition) is 3. The molecule has 2 aromatic carbocycles. The standard InChI is InChI=1S/C29H39Cl2N3O2/c1-5-28(35)34(21(2)3)25-14-17-33(18-15-25)16-13-24(23-11-12-26(30)27(31)19-23)20-32(4)29(36)22-9-7-6-8-10-22/h6-12,19,21,24-25H,5,13-18,20H2,1-4H3. The first kappa shape index (κ1) is 28.5. The summed E-state index contributed by atoms with van der Waals surface area (Å²) in [7, 11) is 1.86. The van der Waals surface area contributed by atoms with Gasteiger partial charge in [-0.3, -0.25) is 9.59 Å². The molecule has 0 bridgehead atoms. The minimum Gasteiger partial charge on any atom is -0.341 e. The Labute approximate surface area is 226 Å². The molecule has 196 valence electrons. The quantitative estimate of drug-likeness (QED) is 0.358. The van der Waals surface area contributed by atoms with E-state index in [2.05, 4.69) is 23.6 Å². The van der Waals surface area contributed by atoms with Gasteiger partial charge in [0, 0.05) is 56.7 Å². The van der Waals surface area contributed by atoms with Crippen molar-refractivity contribution in [2.24, 2.45) is 0 Å². The molecule has 1 atom stereocenters. The van der Waals surface area contributed by atoms with Crippen molar-refractivity contribution in [1.82, 2.24) is 14.7 Å². The summed E-state index contributed by atoms with van der Waals surface area (Å²) in [6.07, 6.45) is 3.44. The Balaban J connectivity index is 1.65. The summed E-state index contributed by atoms with van der Waals surface area (Å²) in [6.45, 7) is 9.61. The Bertz CT molecular complexity index is 1010. The molecule has 2 aromatic rings. The second-order valence-electron chi connectivity index (χ2n) is 10.0. The van der Waals surface area contributed by atoms with Crippen LogP contribution in [0.25, 0.3) is 0 Å². The SMILES string of the molecule is CCC(=O)N(C(C)C)C1CCN(CCC(CN(C)C(=O)c2ccccc2)c2ccc(Cl)c(Cl)c2)CC1. The molecule has 1 fully saturated rings. The molecule has 1 aliphatic rings. The second-order valence-corrected chi connectivity index (χ2v) is 10.8. The van der Waals surface area contributed by atoms with Gasteiger partial charge in [-0.15, -0.1) is 0 Å². The van der Waals surface area contributed by atoms with Crippen molar-refractivity contribution in [2.45, 2.75) is 64.5 Å². The fourth-order valence-electron chi connectivity index (χ4n) is 5.20. The minimum absolute atomic E-state index is 0.0100. The van der Waals surface area contributed by atoms with Crippen molar-refractivity contribution in [3.63, 3.8) is 0 Å². The van der Waals surface area contributed by atoms with Crippen LogP contribution in [0.1, 0.15) is 68.3 Å². The maximum atomic E-state index is 13.0. The molecule has 2 amide bonds. The minimum atomic E-state index is 0.0100. The number of hydrogen-bond donors (Lipinski definition) is 0. The van der Waals surface area contributed by atoms with Gasteiger partial charge in [-0.2, -0.15) is 0 Å². The Morgan fingerprint density at radius 2 is 1.69 bits per heavy atom. The van der Waals surface area contributed by atoms with Crippen molar-refractivity contribution in [3.8, 4) is 0 Å². The Kier molecular flexibility index (Phi) is 10.7. The predicted molar refractivity (Wildman–Crippen MR) is 149 cm³/mol. The van der Waals surface area contributed by atoms with Gasteiger partial charge in [0.15, 0.2) is 0 Å². The van der Waals surface area contributed by atoms with Crippen LogP contribution in [0.3, 0.4) is 0 Å². The number of carbonyl (C=O) groups is 2. The van der Waals surface area contributed by atoms with E-state index in [1.807, 2.05) is 62.5 Å². The summed E-state index contributed by atoms with van der Waals surface area (Å²) in [5.74, 6) is 0.383. The molecule has 0 radical (unpaired) electrons. The highest BCUT2D eigenvalue weighted by molar-refractivity contribution is 6.42. The highest BCUT2D eigenvalue weighted by Crippen LogP contribution is 2.30. The van der Waals surface area contributed by atoms with E-state index in [0.717, 1.165) is 44.5 Å². The molecule has 0 saturated carbocycles. The van der Waals surface area contributed by atoms with Crippen LogP contribution in [-0.2, 0) is 4.79 Å². The van der Waals surface area contributed by atoms with Gasteiger partial charge in [0.05, 0.1) is 10.0 Å². The lowest BCUT2D eigenvalue weighted by atomic mass is 9.93. The van der Waals surface area contributed by atoms with E-state index < -0.39 is 0 Å². The third kappa shape index (κ3) is 7.47. The monoisotopic (exact) mass is 531 g/mol. The zero-order valence-corrected chi connectivity index (χ0v) is 23.4. The van der Waals surface area contributed by atoms with Crippen LogP contribution in [0.2, 0.25) is 10.0 Å². The van der Waals surface area contributed by atoms with Crippen LogP contribution >= 0.6 is 23.2 Å². The van der Waals surface area contributed by atoms with E-state index >= 15 is 0 Å². The van der Waals surface area contributed by atoms with Crippen LogP contribution < -0.4 is 0 Å². The molecule has 36 heavy (non-hydrogen) atoms. The molecule has 0 aromatic heterocycles. The number of halogens is 2. The fraction of sp³-hybridized carbons (Fsp3) is 0.517. The van der Waals surface area contributed by atoms with Crippen molar-refractivity contribution in [3.05, 3.63) is 69.7 Å². The van der Waals surface area contributed by atoms with E-state index in [1.54, 1.807) is 4.90 Å². The molecule has 1 aliphatic heterocycles. The predicted octanol–water partition coefficient (Wildman–Crippen LogP) is 6.35. The smallest absolute Gasteiger partial charge is 0.253 e. The molecule has 0 N–H and O–H groups in total. The zero-order chi connectivity index (χ0) is 26.2. The lowest BCUT2D eigenvalue weighted by Gasteiger charge is -2.41. The first-order valence-corrected chi connectivity index (χ1v) is 13.8. The number of likely N-dealkylation sites (tertiary alicyclic amines) is 1. The molecule has 0 aliphatic carbocycles. The number of amides is 2. The highest BCUT2D eigenvalue weighted by Gasteiger charge is 2.29. The highest BCUT2D eigenvalue weighted by atomic mass is 35.5.